The van der Waals surface area contributed by atoms with Crippen molar-refractivity contribution in [1.82, 2.24) is 0 Å². The number of alkyl halides is 1. The Bertz CT molecular complexity index is 169. The van der Waals surface area contributed by atoms with Crippen molar-refractivity contribution < 1.29 is 13.0 Å². The Labute approximate surface area is 98.1 Å². The van der Waals surface area contributed by atoms with Crippen LogP contribution in [0.1, 0.15) is 19.3 Å². The van der Waals surface area contributed by atoms with Gasteiger partial charge in [-0.15, -0.1) is 0 Å². The van der Waals surface area contributed by atoms with Crippen molar-refractivity contribution >= 4 is 55.6 Å². The average Bonchev–Trinajstić information content (AvgIpc) is 1.78. The van der Waals surface area contributed by atoms with Gasteiger partial charge in [-0.25, -0.2) is 0 Å². The predicted octanol–water partition coefficient (Wildman–Crippen LogP) is 0.791. The molecule has 1 N–H and O–H groups in total. The van der Waals surface area contributed by atoms with Gasteiger partial charge in [0.15, 0.2) is 0 Å². The first-order valence-electron chi connectivity index (χ1n) is 3.07. The molecule has 11 heavy (non-hydrogen) atoms. The summed E-state index contributed by atoms with van der Waals surface area (Å²) in [6, 6.07) is 0. The van der Waals surface area contributed by atoms with Gasteiger partial charge in [0.25, 0.3) is 10.1 Å². The molecule has 0 aliphatic carbocycles. The predicted molar refractivity (Wildman–Crippen MR) is 51.2 cm³/mol. The second kappa shape index (κ2) is 8.01. The van der Waals surface area contributed by atoms with Gasteiger partial charge in [0.1, 0.15) is 0 Å². The molecule has 0 rings (SSSR count). The van der Waals surface area contributed by atoms with Gasteiger partial charge in [-0.3, -0.25) is 4.55 Å². The quantitative estimate of drug-likeness (QED) is 0.342. The summed E-state index contributed by atoms with van der Waals surface area (Å²) in [4.78, 5) is 0. The van der Waals surface area contributed by atoms with E-state index >= 15 is 0 Å². The Hall–Kier alpha value is 1.39. The van der Waals surface area contributed by atoms with E-state index in [2.05, 4.69) is 15.9 Å². The summed E-state index contributed by atoms with van der Waals surface area (Å²) in [6.45, 7) is 0. The molecule has 0 saturated carbocycles. The van der Waals surface area contributed by atoms with Crippen LogP contribution in [0.4, 0.5) is 0 Å². The summed E-state index contributed by atoms with van der Waals surface area (Å²) >= 11 is 3.22. The van der Waals surface area contributed by atoms with E-state index < -0.39 is 10.1 Å². The Morgan fingerprint density at radius 3 is 2.09 bits per heavy atom. The van der Waals surface area contributed by atoms with Crippen LogP contribution >= 0.6 is 15.9 Å². The van der Waals surface area contributed by atoms with Crippen LogP contribution < -0.4 is 0 Å². The maximum absolute atomic E-state index is 10.1. The van der Waals surface area contributed by atoms with Crippen LogP contribution in [0.3, 0.4) is 0 Å². The van der Waals surface area contributed by atoms with Crippen LogP contribution in [0.2, 0.25) is 0 Å². The molecule has 0 heterocycles. The molecule has 0 atom stereocenters. The molecule has 0 fully saturated rings. The van der Waals surface area contributed by atoms with E-state index in [1.54, 1.807) is 0 Å². The van der Waals surface area contributed by atoms with E-state index in [1.165, 1.54) is 0 Å². The van der Waals surface area contributed by atoms with Crippen molar-refractivity contribution in [3.63, 3.8) is 0 Å². The molecule has 6 heteroatoms. The molecule has 0 aromatic rings. The minimum atomic E-state index is -3.72. The van der Waals surface area contributed by atoms with Crippen molar-refractivity contribution in [3.05, 3.63) is 0 Å². The maximum atomic E-state index is 10.1. The van der Waals surface area contributed by atoms with Crippen molar-refractivity contribution in [3.8, 4) is 0 Å². The van der Waals surface area contributed by atoms with Crippen LogP contribution in [0.5, 0.6) is 0 Å². The van der Waals surface area contributed by atoms with Crippen molar-refractivity contribution in [2.75, 3.05) is 11.1 Å². The van der Waals surface area contributed by atoms with Gasteiger partial charge in [-0.2, -0.15) is 8.42 Å². The minimum absolute atomic E-state index is 0. The van der Waals surface area contributed by atoms with E-state index in [1.807, 2.05) is 0 Å². The summed E-state index contributed by atoms with van der Waals surface area (Å²) in [6.07, 6.45) is 2.34. The summed E-state index contributed by atoms with van der Waals surface area (Å²) in [5.41, 5.74) is 0. The Balaban J connectivity index is 0. The zero-order chi connectivity index (χ0) is 8.04. The molecule has 0 unspecified atom stereocenters. The van der Waals surface area contributed by atoms with E-state index in [0.29, 0.717) is 6.42 Å². The van der Waals surface area contributed by atoms with E-state index in [-0.39, 0.29) is 35.3 Å². The van der Waals surface area contributed by atoms with E-state index in [9.17, 15) is 8.42 Å². The van der Waals surface area contributed by atoms with Gasteiger partial charge in [-0.05, 0) is 12.8 Å². The van der Waals surface area contributed by atoms with Crippen LogP contribution in [0, 0.1) is 0 Å². The molecule has 0 bridgehead atoms. The zero-order valence-corrected chi connectivity index (χ0v) is 7.99. The standard InChI is InChI=1S/C5H11BrO3S.Na.H/c6-4-2-1-3-5-10(7,8)9;;/h1-5H2,(H,7,8,9);;. The van der Waals surface area contributed by atoms with Crippen molar-refractivity contribution in [1.29, 1.82) is 0 Å². The number of hydrogen-bond donors (Lipinski definition) is 1. The first kappa shape index (κ1) is 14.9. The molecule has 0 radical (unpaired) electrons. The molecule has 0 aliphatic rings. The molecule has 0 amide bonds. The molecule has 64 valence electrons. The second-order valence-corrected chi connectivity index (χ2v) is 4.40. The van der Waals surface area contributed by atoms with Crippen LogP contribution in [0.25, 0.3) is 0 Å². The van der Waals surface area contributed by atoms with E-state index in [0.717, 1.165) is 18.2 Å². The summed E-state index contributed by atoms with van der Waals surface area (Å²) in [5.74, 6) is -0.111. The first-order chi connectivity index (χ1) is 4.56. The SMILES string of the molecule is O=S(=O)(O)CCCCCBr.[NaH]. The third-order valence-electron chi connectivity index (χ3n) is 1.04. The van der Waals surface area contributed by atoms with Crippen LogP contribution in [0.15, 0.2) is 0 Å². The summed E-state index contributed by atoms with van der Waals surface area (Å²) < 4.78 is 28.6. The Kier molecular flexibility index (Phi) is 10.8. The molecule has 3 nitrogen and oxygen atoms in total. The molecule has 0 aliphatic heterocycles. The molecule has 0 aromatic carbocycles. The Morgan fingerprint density at radius 2 is 1.73 bits per heavy atom. The van der Waals surface area contributed by atoms with Crippen molar-refractivity contribution in [2.45, 2.75) is 19.3 Å². The van der Waals surface area contributed by atoms with Gasteiger partial charge in [0, 0.05) is 5.33 Å². The summed E-state index contributed by atoms with van der Waals surface area (Å²) in [7, 11) is -3.72. The number of hydrogen-bond acceptors (Lipinski definition) is 2. The normalized spacial score (nSPS) is 10.7. The molecule has 0 saturated heterocycles. The van der Waals surface area contributed by atoms with Gasteiger partial charge < -0.3 is 0 Å². The topological polar surface area (TPSA) is 54.4 Å². The monoisotopic (exact) mass is 254 g/mol. The Morgan fingerprint density at radius 1 is 1.18 bits per heavy atom. The fourth-order valence-electron chi connectivity index (χ4n) is 0.556. The molecule has 0 aromatic heterocycles. The first-order valence-corrected chi connectivity index (χ1v) is 5.80. The van der Waals surface area contributed by atoms with E-state index in [4.69, 9.17) is 4.55 Å². The third-order valence-corrected chi connectivity index (χ3v) is 2.40. The molecular weight excluding hydrogens is 243 g/mol. The summed E-state index contributed by atoms with van der Waals surface area (Å²) in [5, 5.41) is 0.887. The van der Waals surface area contributed by atoms with Gasteiger partial charge in [0.2, 0.25) is 0 Å². The third kappa shape index (κ3) is 14.3. The number of unbranched alkanes of at least 4 members (excludes halogenated alkanes) is 2. The average molecular weight is 255 g/mol. The fourth-order valence-corrected chi connectivity index (χ4v) is 1.52. The van der Waals surface area contributed by atoms with Gasteiger partial charge in [0.05, 0.1) is 5.75 Å². The zero-order valence-electron chi connectivity index (χ0n) is 5.59. The molecular formula is C5H12BrNaO3S. The molecule has 0 spiro atoms. The van der Waals surface area contributed by atoms with Crippen LogP contribution in [-0.2, 0) is 10.1 Å². The second-order valence-electron chi connectivity index (χ2n) is 2.04. The van der Waals surface area contributed by atoms with Crippen LogP contribution in [-0.4, -0.2) is 53.6 Å². The number of rotatable bonds is 5. The number of halogens is 1. The van der Waals surface area contributed by atoms with Gasteiger partial charge >= 0.3 is 29.6 Å². The van der Waals surface area contributed by atoms with Crippen molar-refractivity contribution in [2.24, 2.45) is 0 Å². The van der Waals surface area contributed by atoms with Gasteiger partial charge in [-0.1, -0.05) is 22.4 Å². The fraction of sp³-hybridized carbons (Fsp3) is 1.00.